The molecule has 0 spiro atoms. The van der Waals surface area contributed by atoms with Crippen molar-refractivity contribution < 1.29 is 4.79 Å². The van der Waals surface area contributed by atoms with Gasteiger partial charge in [-0.05, 0) is 28.9 Å². The third kappa shape index (κ3) is 3.44. The number of aromatic nitrogens is 4. The van der Waals surface area contributed by atoms with Gasteiger partial charge < -0.3 is 9.88 Å². The minimum atomic E-state index is -0.0801. The van der Waals surface area contributed by atoms with E-state index in [4.69, 9.17) is 0 Å². The Morgan fingerprint density at radius 2 is 2.32 bits per heavy atom. The Kier molecular flexibility index (Phi) is 4.36. The molecule has 2 heterocycles. The van der Waals surface area contributed by atoms with Gasteiger partial charge in [-0.2, -0.15) is 5.10 Å². The molecule has 2 aromatic rings. The normalized spacial score (nSPS) is 10.7. The summed E-state index contributed by atoms with van der Waals surface area (Å²) in [5, 5.41) is 7.03. The van der Waals surface area contributed by atoms with Crippen LogP contribution in [0.25, 0.3) is 0 Å². The van der Waals surface area contributed by atoms with Gasteiger partial charge in [0.15, 0.2) is 5.82 Å². The number of carbonyl (C=O) groups excluding carboxylic acids is 1. The van der Waals surface area contributed by atoms with Crippen LogP contribution in [0.1, 0.15) is 23.2 Å². The van der Waals surface area contributed by atoms with E-state index in [1.54, 1.807) is 11.0 Å². The molecule has 19 heavy (non-hydrogen) atoms. The van der Waals surface area contributed by atoms with Crippen molar-refractivity contribution in [1.29, 1.82) is 0 Å². The van der Waals surface area contributed by atoms with Crippen molar-refractivity contribution >= 4 is 21.8 Å². The van der Waals surface area contributed by atoms with Crippen LogP contribution in [-0.4, -0.2) is 31.8 Å². The topological polar surface area (TPSA) is 64.7 Å². The van der Waals surface area contributed by atoms with Gasteiger partial charge in [0, 0.05) is 37.2 Å². The molecule has 1 amide bonds. The summed E-state index contributed by atoms with van der Waals surface area (Å²) in [7, 11) is 1.82. The van der Waals surface area contributed by atoms with E-state index in [0.29, 0.717) is 18.7 Å². The number of nitrogens with zero attached hydrogens (tertiary/aromatic N) is 4. The Bertz CT molecular complexity index is 574. The minimum absolute atomic E-state index is 0.0801. The first kappa shape index (κ1) is 13.8. The zero-order chi connectivity index (χ0) is 13.8. The Hall–Kier alpha value is -1.63. The van der Waals surface area contributed by atoms with E-state index in [-0.39, 0.29) is 5.91 Å². The fourth-order valence-electron chi connectivity index (χ4n) is 1.80. The number of halogens is 1. The molecule has 0 unspecified atom stereocenters. The molecule has 1 N–H and O–H groups in total. The lowest BCUT2D eigenvalue weighted by atomic mass is 10.3. The smallest absolute Gasteiger partial charge is 0.267 e. The maximum absolute atomic E-state index is 12.0. The molecule has 0 aliphatic heterocycles. The van der Waals surface area contributed by atoms with Crippen LogP contribution in [-0.2, 0) is 20.0 Å². The van der Waals surface area contributed by atoms with E-state index in [1.165, 1.54) is 0 Å². The van der Waals surface area contributed by atoms with Gasteiger partial charge in [0.25, 0.3) is 5.91 Å². The zero-order valence-electron chi connectivity index (χ0n) is 10.9. The number of amides is 1. The van der Waals surface area contributed by atoms with E-state index in [0.717, 1.165) is 16.8 Å². The average Bonchev–Trinajstić information content (AvgIpc) is 2.95. The number of carbonyl (C=O) groups is 1. The largest absolute Gasteiger partial charge is 0.350 e. The van der Waals surface area contributed by atoms with Crippen LogP contribution in [0.15, 0.2) is 23.1 Å². The van der Waals surface area contributed by atoms with E-state index >= 15 is 0 Å². The first-order valence-electron chi connectivity index (χ1n) is 6.08. The summed E-state index contributed by atoms with van der Waals surface area (Å²) >= 11 is 3.38. The van der Waals surface area contributed by atoms with Crippen molar-refractivity contribution in [2.75, 3.05) is 6.54 Å². The van der Waals surface area contributed by atoms with E-state index < -0.39 is 0 Å². The standard InChI is InChI=1S/C12H16BrN5O/c1-3-18-7-9(13)6-10(18)12(19)14-5-4-11-15-8-17(2)16-11/h6-8H,3-5H2,1-2H3,(H,14,19). The Labute approximate surface area is 120 Å². The van der Waals surface area contributed by atoms with Gasteiger partial charge in [-0.3, -0.25) is 9.48 Å². The number of rotatable bonds is 5. The van der Waals surface area contributed by atoms with Crippen LogP contribution < -0.4 is 5.32 Å². The third-order valence-corrected chi connectivity index (χ3v) is 3.15. The van der Waals surface area contributed by atoms with Gasteiger partial charge in [-0.25, -0.2) is 4.98 Å². The van der Waals surface area contributed by atoms with Crippen molar-refractivity contribution in [2.24, 2.45) is 7.05 Å². The van der Waals surface area contributed by atoms with Crippen molar-refractivity contribution in [3.05, 3.63) is 34.6 Å². The first-order valence-corrected chi connectivity index (χ1v) is 6.88. The molecule has 2 aromatic heterocycles. The lowest BCUT2D eigenvalue weighted by Crippen LogP contribution is -2.27. The van der Waals surface area contributed by atoms with Crippen LogP contribution in [0, 0.1) is 0 Å². The summed E-state index contributed by atoms with van der Waals surface area (Å²) < 4.78 is 4.46. The van der Waals surface area contributed by atoms with Crippen molar-refractivity contribution in [2.45, 2.75) is 19.9 Å². The summed E-state index contributed by atoms with van der Waals surface area (Å²) in [5.41, 5.74) is 0.656. The van der Waals surface area contributed by atoms with E-state index in [1.807, 2.05) is 30.8 Å². The van der Waals surface area contributed by atoms with Crippen molar-refractivity contribution in [3.8, 4) is 0 Å². The number of hydrogen-bond donors (Lipinski definition) is 1. The van der Waals surface area contributed by atoms with Crippen LogP contribution >= 0.6 is 15.9 Å². The number of nitrogens with one attached hydrogen (secondary N) is 1. The molecule has 0 aromatic carbocycles. The van der Waals surface area contributed by atoms with Gasteiger partial charge in [0.1, 0.15) is 12.0 Å². The lowest BCUT2D eigenvalue weighted by molar-refractivity contribution is 0.0945. The Balaban J connectivity index is 1.90. The highest BCUT2D eigenvalue weighted by molar-refractivity contribution is 9.10. The van der Waals surface area contributed by atoms with Gasteiger partial charge in [-0.15, -0.1) is 0 Å². The highest BCUT2D eigenvalue weighted by Crippen LogP contribution is 2.14. The number of hydrogen-bond acceptors (Lipinski definition) is 3. The van der Waals surface area contributed by atoms with Gasteiger partial charge >= 0.3 is 0 Å². The molecule has 0 radical (unpaired) electrons. The molecule has 0 fully saturated rings. The molecule has 0 saturated carbocycles. The van der Waals surface area contributed by atoms with E-state index in [2.05, 4.69) is 31.3 Å². The van der Waals surface area contributed by atoms with Crippen LogP contribution in [0.3, 0.4) is 0 Å². The molecule has 102 valence electrons. The summed E-state index contributed by atoms with van der Waals surface area (Å²) in [5.74, 6) is 0.651. The summed E-state index contributed by atoms with van der Waals surface area (Å²) in [6, 6.07) is 1.82. The Morgan fingerprint density at radius 1 is 1.53 bits per heavy atom. The second-order valence-electron chi connectivity index (χ2n) is 4.17. The summed E-state index contributed by atoms with van der Waals surface area (Å²) in [4.78, 5) is 16.1. The predicted molar refractivity (Wildman–Crippen MR) is 74.8 cm³/mol. The van der Waals surface area contributed by atoms with Gasteiger partial charge in [-0.1, -0.05) is 0 Å². The van der Waals surface area contributed by atoms with Crippen LogP contribution in [0.2, 0.25) is 0 Å². The maximum atomic E-state index is 12.0. The Morgan fingerprint density at radius 3 is 2.95 bits per heavy atom. The number of aryl methyl sites for hydroxylation is 2. The van der Waals surface area contributed by atoms with Crippen molar-refractivity contribution in [1.82, 2.24) is 24.6 Å². The second kappa shape index (κ2) is 6.01. The molecule has 2 rings (SSSR count). The van der Waals surface area contributed by atoms with Gasteiger partial charge in [0.05, 0.1) is 0 Å². The predicted octanol–water partition coefficient (Wildman–Crippen LogP) is 1.37. The quantitative estimate of drug-likeness (QED) is 0.903. The highest BCUT2D eigenvalue weighted by atomic mass is 79.9. The monoisotopic (exact) mass is 325 g/mol. The fourth-order valence-corrected chi connectivity index (χ4v) is 2.27. The minimum Gasteiger partial charge on any atom is -0.350 e. The van der Waals surface area contributed by atoms with Crippen LogP contribution in [0.4, 0.5) is 0 Å². The molecule has 0 aliphatic carbocycles. The molecule has 6 nitrogen and oxygen atoms in total. The molecular formula is C12H16BrN5O. The van der Waals surface area contributed by atoms with Crippen LogP contribution in [0.5, 0.6) is 0 Å². The molecule has 7 heteroatoms. The molecule has 0 atom stereocenters. The lowest BCUT2D eigenvalue weighted by Gasteiger charge is -2.06. The van der Waals surface area contributed by atoms with Gasteiger partial charge in [0.2, 0.25) is 0 Å². The maximum Gasteiger partial charge on any atom is 0.267 e. The second-order valence-corrected chi connectivity index (χ2v) is 5.09. The van der Waals surface area contributed by atoms with E-state index in [9.17, 15) is 4.79 Å². The summed E-state index contributed by atoms with van der Waals surface area (Å²) in [6.07, 6.45) is 4.17. The third-order valence-electron chi connectivity index (χ3n) is 2.72. The molecule has 0 bridgehead atoms. The highest BCUT2D eigenvalue weighted by Gasteiger charge is 2.11. The first-order chi connectivity index (χ1) is 9.10. The molecule has 0 saturated heterocycles. The molecule has 0 aliphatic rings. The molecular weight excluding hydrogens is 310 g/mol. The SMILES string of the molecule is CCn1cc(Br)cc1C(=O)NCCc1ncn(C)n1. The zero-order valence-corrected chi connectivity index (χ0v) is 12.5. The average molecular weight is 326 g/mol. The fraction of sp³-hybridized carbons (Fsp3) is 0.417. The van der Waals surface area contributed by atoms with Crippen molar-refractivity contribution in [3.63, 3.8) is 0 Å². The summed E-state index contributed by atoms with van der Waals surface area (Å²) in [6.45, 7) is 3.28.